The fraction of sp³-hybridized carbons (Fsp3) is 0. The molecular formula is C14H9N3. The number of para-hydroxylation sites is 1. The van der Waals surface area contributed by atoms with E-state index in [0.717, 1.165) is 16.6 Å². The molecule has 0 N–H and O–H groups in total. The van der Waals surface area contributed by atoms with Gasteiger partial charge in [0, 0.05) is 12.4 Å². The molecule has 0 saturated heterocycles. The van der Waals surface area contributed by atoms with Gasteiger partial charge in [0.15, 0.2) is 5.69 Å². The van der Waals surface area contributed by atoms with Crippen molar-refractivity contribution in [3.63, 3.8) is 0 Å². The Labute approximate surface area is 98.6 Å². The fourth-order valence-electron chi connectivity index (χ4n) is 1.97. The van der Waals surface area contributed by atoms with Crippen LogP contribution in [0.1, 0.15) is 5.69 Å². The monoisotopic (exact) mass is 219 g/mol. The molecule has 0 aliphatic rings. The van der Waals surface area contributed by atoms with Gasteiger partial charge < -0.3 is 4.57 Å². The van der Waals surface area contributed by atoms with Crippen molar-refractivity contribution in [3.05, 3.63) is 60.6 Å². The van der Waals surface area contributed by atoms with Crippen molar-refractivity contribution in [2.45, 2.75) is 0 Å². The average molecular weight is 219 g/mol. The van der Waals surface area contributed by atoms with Crippen molar-refractivity contribution >= 4 is 10.9 Å². The minimum atomic E-state index is 0.439. The summed E-state index contributed by atoms with van der Waals surface area (Å²) >= 11 is 0. The number of hydrogen-bond acceptors (Lipinski definition) is 2. The first kappa shape index (κ1) is 9.61. The largest absolute Gasteiger partial charge is 0.314 e. The van der Waals surface area contributed by atoms with Crippen LogP contribution in [0.5, 0.6) is 0 Å². The molecule has 80 valence electrons. The van der Waals surface area contributed by atoms with Crippen LogP contribution >= 0.6 is 0 Å². The average Bonchev–Trinajstić information content (AvgIpc) is 2.82. The van der Waals surface area contributed by atoms with Gasteiger partial charge in [0.25, 0.3) is 0 Å². The number of benzene rings is 1. The Morgan fingerprint density at radius 1 is 1.06 bits per heavy atom. The van der Waals surface area contributed by atoms with E-state index in [-0.39, 0.29) is 0 Å². The van der Waals surface area contributed by atoms with E-state index >= 15 is 0 Å². The van der Waals surface area contributed by atoms with Gasteiger partial charge in [-0.2, -0.15) is 5.26 Å². The van der Waals surface area contributed by atoms with Crippen molar-refractivity contribution in [3.8, 4) is 11.8 Å². The lowest BCUT2D eigenvalue weighted by Gasteiger charge is -2.06. The van der Waals surface area contributed by atoms with Crippen LogP contribution < -0.4 is 0 Å². The van der Waals surface area contributed by atoms with Gasteiger partial charge in [-0.15, -0.1) is 0 Å². The summed E-state index contributed by atoms with van der Waals surface area (Å²) in [5.41, 5.74) is 2.34. The molecule has 0 spiro atoms. The van der Waals surface area contributed by atoms with Crippen LogP contribution in [0.25, 0.3) is 16.6 Å². The molecule has 0 atom stereocenters. The molecule has 3 heteroatoms. The van der Waals surface area contributed by atoms with Crippen LogP contribution in [0.2, 0.25) is 0 Å². The summed E-state index contributed by atoms with van der Waals surface area (Å²) < 4.78 is 1.99. The predicted molar refractivity (Wildman–Crippen MR) is 65.8 cm³/mol. The zero-order valence-corrected chi connectivity index (χ0v) is 9.04. The Balaban J connectivity index is 2.32. The zero-order valence-electron chi connectivity index (χ0n) is 9.04. The maximum absolute atomic E-state index is 9.06. The van der Waals surface area contributed by atoms with Crippen molar-refractivity contribution in [2.24, 2.45) is 0 Å². The molecule has 0 aliphatic heterocycles. The second-order valence-electron chi connectivity index (χ2n) is 3.73. The Morgan fingerprint density at radius 2 is 1.94 bits per heavy atom. The second kappa shape index (κ2) is 3.76. The van der Waals surface area contributed by atoms with Gasteiger partial charge in [-0.05, 0) is 29.7 Å². The third-order valence-electron chi connectivity index (χ3n) is 2.75. The number of fused-ring (bicyclic) bond motifs is 1. The Morgan fingerprint density at radius 3 is 2.82 bits per heavy atom. The minimum Gasteiger partial charge on any atom is -0.314 e. The van der Waals surface area contributed by atoms with E-state index in [2.05, 4.69) is 11.1 Å². The maximum Gasteiger partial charge on any atom is 0.164 e. The lowest BCUT2D eigenvalue weighted by Crippen LogP contribution is -1.97. The molecule has 0 bridgehead atoms. The van der Waals surface area contributed by atoms with Gasteiger partial charge in [-0.1, -0.05) is 18.2 Å². The highest BCUT2D eigenvalue weighted by atomic mass is 15.0. The second-order valence-corrected chi connectivity index (χ2v) is 3.73. The Hall–Kier alpha value is -2.60. The Bertz CT molecular complexity index is 719. The van der Waals surface area contributed by atoms with E-state index in [1.165, 1.54) is 0 Å². The smallest absolute Gasteiger partial charge is 0.164 e. The van der Waals surface area contributed by atoms with E-state index in [4.69, 9.17) is 5.26 Å². The molecular weight excluding hydrogens is 210 g/mol. The molecule has 2 heterocycles. The van der Waals surface area contributed by atoms with Crippen molar-refractivity contribution in [1.29, 1.82) is 5.26 Å². The highest BCUT2D eigenvalue weighted by molar-refractivity contribution is 5.82. The molecule has 3 aromatic rings. The normalized spacial score (nSPS) is 10.3. The molecule has 2 aromatic heterocycles. The third kappa shape index (κ3) is 1.47. The molecule has 1 aromatic carbocycles. The number of nitrogens with zero attached hydrogens (tertiary/aromatic N) is 3. The highest BCUT2D eigenvalue weighted by Gasteiger charge is 2.07. The highest BCUT2D eigenvalue weighted by Crippen LogP contribution is 2.21. The fourth-order valence-corrected chi connectivity index (χ4v) is 1.97. The first-order chi connectivity index (χ1) is 8.40. The van der Waals surface area contributed by atoms with Crippen LogP contribution in [-0.4, -0.2) is 9.55 Å². The minimum absolute atomic E-state index is 0.439. The summed E-state index contributed by atoms with van der Waals surface area (Å²) in [5.74, 6) is 0. The standard InChI is InChI=1S/C14H9N3/c15-10-12-14(6-3-8-16-12)17-9-7-11-4-1-2-5-13(11)17/h1-9H. The van der Waals surface area contributed by atoms with Crippen molar-refractivity contribution < 1.29 is 0 Å². The SMILES string of the molecule is N#Cc1ncccc1-n1ccc2ccccc21. The van der Waals surface area contributed by atoms with Gasteiger partial charge >= 0.3 is 0 Å². The Kier molecular flexibility index (Phi) is 2.13. The molecule has 0 amide bonds. The van der Waals surface area contributed by atoms with E-state index < -0.39 is 0 Å². The van der Waals surface area contributed by atoms with Gasteiger partial charge in [0.1, 0.15) is 6.07 Å². The lowest BCUT2D eigenvalue weighted by atomic mass is 10.2. The summed E-state index contributed by atoms with van der Waals surface area (Å²) in [6.45, 7) is 0. The summed E-state index contributed by atoms with van der Waals surface area (Å²) in [6.07, 6.45) is 3.59. The number of aromatic nitrogens is 2. The summed E-state index contributed by atoms with van der Waals surface area (Å²) in [6, 6.07) is 16.0. The zero-order chi connectivity index (χ0) is 11.7. The number of pyridine rings is 1. The van der Waals surface area contributed by atoms with Gasteiger partial charge in [0.05, 0.1) is 11.2 Å². The van der Waals surface area contributed by atoms with Crippen LogP contribution in [0.3, 0.4) is 0 Å². The maximum atomic E-state index is 9.06. The van der Waals surface area contributed by atoms with Crippen molar-refractivity contribution in [1.82, 2.24) is 9.55 Å². The number of rotatable bonds is 1. The lowest BCUT2D eigenvalue weighted by molar-refractivity contribution is 1.08. The molecule has 0 aliphatic carbocycles. The van der Waals surface area contributed by atoms with E-state index in [0.29, 0.717) is 5.69 Å². The number of hydrogen-bond donors (Lipinski definition) is 0. The van der Waals surface area contributed by atoms with E-state index in [1.807, 2.05) is 53.2 Å². The van der Waals surface area contributed by atoms with E-state index in [9.17, 15) is 0 Å². The van der Waals surface area contributed by atoms with Gasteiger partial charge in [0.2, 0.25) is 0 Å². The molecule has 3 rings (SSSR count). The topological polar surface area (TPSA) is 41.6 Å². The van der Waals surface area contributed by atoms with Crippen LogP contribution in [0, 0.1) is 11.3 Å². The predicted octanol–water partition coefficient (Wildman–Crippen LogP) is 2.90. The number of nitriles is 1. The summed E-state index contributed by atoms with van der Waals surface area (Å²) in [4.78, 5) is 4.08. The van der Waals surface area contributed by atoms with Gasteiger partial charge in [-0.25, -0.2) is 4.98 Å². The molecule has 0 unspecified atom stereocenters. The quantitative estimate of drug-likeness (QED) is 0.631. The first-order valence-corrected chi connectivity index (χ1v) is 5.32. The first-order valence-electron chi connectivity index (χ1n) is 5.32. The molecule has 0 saturated carbocycles. The molecule has 0 radical (unpaired) electrons. The summed E-state index contributed by atoms with van der Waals surface area (Å²) in [5, 5.41) is 10.2. The van der Waals surface area contributed by atoms with Crippen molar-refractivity contribution in [2.75, 3.05) is 0 Å². The van der Waals surface area contributed by atoms with E-state index in [1.54, 1.807) is 6.20 Å². The van der Waals surface area contributed by atoms with Crippen LogP contribution in [-0.2, 0) is 0 Å². The molecule has 0 fully saturated rings. The van der Waals surface area contributed by atoms with Crippen LogP contribution in [0.4, 0.5) is 0 Å². The molecule has 17 heavy (non-hydrogen) atoms. The van der Waals surface area contributed by atoms with Gasteiger partial charge in [-0.3, -0.25) is 0 Å². The summed E-state index contributed by atoms with van der Waals surface area (Å²) in [7, 11) is 0. The third-order valence-corrected chi connectivity index (χ3v) is 2.75. The van der Waals surface area contributed by atoms with Crippen LogP contribution in [0.15, 0.2) is 54.9 Å². The molecule has 3 nitrogen and oxygen atoms in total.